The predicted octanol–water partition coefficient (Wildman–Crippen LogP) is 1.62. The number of hydrogen-bond donors (Lipinski definition) is 0. The van der Waals surface area contributed by atoms with Crippen LogP contribution in [0.1, 0.15) is 41.4 Å². The number of carbonyl (C=O) groups is 1. The van der Waals surface area contributed by atoms with Crippen LogP contribution in [0.15, 0.2) is 24.8 Å². The van der Waals surface area contributed by atoms with Crippen molar-refractivity contribution in [3.8, 4) is 0 Å². The zero-order valence-electron chi connectivity index (χ0n) is 10.4. The first-order valence-corrected chi connectivity index (χ1v) is 5.91. The maximum Gasteiger partial charge on any atom is 0.229 e. The zero-order valence-corrected chi connectivity index (χ0v) is 10.4. The minimum Gasteiger partial charge on any atom is -0.285 e. The van der Waals surface area contributed by atoms with Crippen LogP contribution in [-0.4, -0.2) is 25.7 Å². The fourth-order valence-electron chi connectivity index (χ4n) is 1.56. The van der Waals surface area contributed by atoms with E-state index >= 15 is 0 Å². The predicted molar refractivity (Wildman–Crippen MR) is 66.3 cm³/mol. The number of carbonyl (C=O) groups excluding carboxylic acids is 1. The number of hydrogen-bond acceptors (Lipinski definition) is 5. The van der Waals surface area contributed by atoms with Gasteiger partial charge < -0.3 is 0 Å². The molecule has 0 fully saturated rings. The Labute approximate surface area is 105 Å². The molecular formula is C13H14N4O. The van der Waals surface area contributed by atoms with E-state index in [0.717, 1.165) is 24.2 Å². The molecule has 92 valence electrons. The molecular weight excluding hydrogens is 228 g/mol. The summed E-state index contributed by atoms with van der Waals surface area (Å²) in [6, 6.07) is 3.41. The van der Waals surface area contributed by atoms with E-state index in [0.29, 0.717) is 11.4 Å². The van der Waals surface area contributed by atoms with Gasteiger partial charge in [0, 0.05) is 11.4 Å². The van der Waals surface area contributed by atoms with Crippen LogP contribution in [0.5, 0.6) is 0 Å². The van der Waals surface area contributed by atoms with Crippen LogP contribution < -0.4 is 0 Å². The van der Waals surface area contributed by atoms with Crippen LogP contribution in [0.2, 0.25) is 0 Å². The van der Waals surface area contributed by atoms with Crippen molar-refractivity contribution in [3.05, 3.63) is 47.6 Å². The minimum absolute atomic E-state index is 0.191. The summed E-state index contributed by atoms with van der Waals surface area (Å²) >= 11 is 0. The summed E-state index contributed by atoms with van der Waals surface area (Å²) in [6.45, 7) is 3.97. The molecule has 5 heteroatoms. The summed E-state index contributed by atoms with van der Waals surface area (Å²) in [5.74, 6) is -0.191. The fourth-order valence-corrected chi connectivity index (χ4v) is 1.56. The lowest BCUT2D eigenvalue weighted by atomic mass is 10.1. The molecule has 2 rings (SSSR count). The summed E-state index contributed by atoms with van der Waals surface area (Å²) < 4.78 is 0. The topological polar surface area (TPSA) is 68.6 Å². The summed E-state index contributed by atoms with van der Waals surface area (Å²) in [4.78, 5) is 28.3. The number of aromatic nitrogens is 4. The molecule has 2 aromatic heterocycles. The van der Waals surface area contributed by atoms with Gasteiger partial charge >= 0.3 is 0 Å². The Bertz CT molecular complexity index is 519. The lowest BCUT2D eigenvalue weighted by molar-refractivity contribution is 0.102. The van der Waals surface area contributed by atoms with Gasteiger partial charge in [-0.25, -0.2) is 19.9 Å². The highest BCUT2D eigenvalue weighted by molar-refractivity contribution is 6.06. The Morgan fingerprint density at radius 1 is 0.889 bits per heavy atom. The maximum atomic E-state index is 12.2. The third-order valence-corrected chi connectivity index (χ3v) is 2.64. The number of nitrogens with zero attached hydrogens (tertiary/aromatic N) is 4. The third kappa shape index (κ3) is 2.56. The van der Waals surface area contributed by atoms with Crippen LogP contribution in [0.3, 0.4) is 0 Å². The molecule has 18 heavy (non-hydrogen) atoms. The average molecular weight is 242 g/mol. The van der Waals surface area contributed by atoms with Gasteiger partial charge in [0.2, 0.25) is 5.78 Å². The molecule has 0 atom stereocenters. The van der Waals surface area contributed by atoms with Crippen molar-refractivity contribution < 1.29 is 4.79 Å². The van der Waals surface area contributed by atoms with Crippen LogP contribution in [0.4, 0.5) is 0 Å². The number of aryl methyl sites for hydroxylation is 2. The van der Waals surface area contributed by atoms with Gasteiger partial charge in [0.15, 0.2) is 0 Å². The van der Waals surface area contributed by atoms with Gasteiger partial charge in [0.1, 0.15) is 24.0 Å². The first-order chi connectivity index (χ1) is 8.74. The molecule has 5 nitrogen and oxygen atoms in total. The van der Waals surface area contributed by atoms with Crippen molar-refractivity contribution in [2.24, 2.45) is 0 Å². The second kappa shape index (κ2) is 5.44. The van der Waals surface area contributed by atoms with E-state index < -0.39 is 0 Å². The van der Waals surface area contributed by atoms with Crippen molar-refractivity contribution in [2.45, 2.75) is 26.7 Å². The number of ketones is 1. The molecule has 0 spiro atoms. The van der Waals surface area contributed by atoms with Gasteiger partial charge in [-0.1, -0.05) is 13.8 Å². The highest BCUT2D eigenvalue weighted by atomic mass is 16.1. The first kappa shape index (κ1) is 12.3. The molecule has 0 aliphatic heterocycles. The lowest BCUT2D eigenvalue weighted by Gasteiger charge is -2.02. The standard InChI is InChI=1S/C13H14N4O/c1-3-9-5-11(16-7-14-9)13(18)12-6-10(4-2)15-8-17-12/h5-8H,3-4H2,1-2H3. The molecule has 0 aliphatic rings. The summed E-state index contributed by atoms with van der Waals surface area (Å²) in [7, 11) is 0. The second-order valence-electron chi connectivity index (χ2n) is 3.83. The quantitative estimate of drug-likeness (QED) is 0.762. The SMILES string of the molecule is CCc1cc(C(=O)c2cc(CC)ncn2)ncn1. The van der Waals surface area contributed by atoms with E-state index in [9.17, 15) is 4.79 Å². The number of rotatable bonds is 4. The van der Waals surface area contributed by atoms with E-state index in [1.54, 1.807) is 12.1 Å². The Morgan fingerprint density at radius 3 is 1.72 bits per heavy atom. The Kier molecular flexibility index (Phi) is 3.72. The van der Waals surface area contributed by atoms with E-state index in [1.165, 1.54) is 12.7 Å². The Morgan fingerprint density at radius 2 is 1.33 bits per heavy atom. The molecule has 0 saturated heterocycles. The molecule has 0 bridgehead atoms. The van der Waals surface area contributed by atoms with Gasteiger partial charge in [-0.3, -0.25) is 4.79 Å². The van der Waals surface area contributed by atoms with Crippen molar-refractivity contribution in [2.75, 3.05) is 0 Å². The highest BCUT2D eigenvalue weighted by Crippen LogP contribution is 2.07. The van der Waals surface area contributed by atoms with E-state index in [-0.39, 0.29) is 5.78 Å². The summed E-state index contributed by atoms with van der Waals surface area (Å²) in [5, 5.41) is 0. The second-order valence-corrected chi connectivity index (χ2v) is 3.83. The normalized spacial score (nSPS) is 10.3. The summed E-state index contributed by atoms with van der Waals surface area (Å²) in [6.07, 6.45) is 4.36. The van der Waals surface area contributed by atoms with Crippen molar-refractivity contribution in [1.29, 1.82) is 0 Å². The van der Waals surface area contributed by atoms with Crippen molar-refractivity contribution in [3.63, 3.8) is 0 Å². The minimum atomic E-state index is -0.191. The van der Waals surface area contributed by atoms with Crippen LogP contribution in [0, 0.1) is 0 Å². The molecule has 0 N–H and O–H groups in total. The van der Waals surface area contributed by atoms with Crippen molar-refractivity contribution in [1.82, 2.24) is 19.9 Å². The zero-order chi connectivity index (χ0) is 13.0. The third-order valence-electron chi connectivity index (χ3n) is 2.64. The van der Waals surface area contributed by atoms with Crippen LogP contribution >= 0.6 is 0 Å². The Hall–Kier alpha value is -2.17. The van der Waals surface area contributed by atoms with E-state index in [1.807, 2.05) is 13.8 Å². The highest BCUT2D eigenvalue weighted by Gasteiger charge is 2.13. The summed E-state index contributed by atoms with van der Waals surface area (Å²) in [5.41, 5.74) is 2.45. The van der Waals surface area contributed by atoms with Gasteiger partial charge in [-0.2, -0.15) is 0 Å². The molecule has 0 unspecified atom stereocenters. The largest absolute Gasteiger partial charge is 0.285 e. The molecule has 0 aromatic carbocycles. The molecule has 2 heterocycles. The van der Waals surface area contributed by atoms with Crippen molar-refractivity contribution >= 4 is 5.78 Å². The van der Waals surface area contributed by atoms with Gasteiger partial charge in [-0.15, -0.1) is 0 Å². The van der Waals surface area contributed by atoms with E-state index in [4.69, 9.17) is 0 Å². The molecule has 0 saturated carbocycles. The first-order valence-electron chi connectivity index (χ1n) is 5.91. The van der Waals surface area contributed by atoms with Gasteiger partial charge in [0.25, 0.3) is 0 Å². The maximum absolute atomic E-state index is 12.2. The molecule has 0 aliphatic carbocycles. The van der Waals surface area contributed by atoms with E-state index in [2.05, 4.69) is 19.9 Å². The smallest absolute Gasteiger partial charge is 0.229 e. The molecule has 2 aromatic rings. The van der Waals surface area contributed by atoms with Crippen LogP contribution in [0.25, 0.3) is 0 Å². The molecule has 0 amide bonds. The van der Waals surface area contributed by atoms with Gasteiger partial charge in [-0.05, 0) is 25.0 Å². The monoisotopic (exact) mass is 242 g/mol. The lowest BCUT2D eigenvalue weighted by Crippen LogP contribution is -2.09. The van der Waals surface area contributed by atoms with Crippen LogP contribution in [-0.2, 0) is 12.8 Å². The average Bonchev–Trinajstić information content (AvgIpc) is 2.46. The molecule has 0 radical (unpaired) electrons. The fraction of sp³-hybridized carbons (Fsp3) is 0.308. The van der Waals surface area contributed by atoms with Gasteiger partial charge in [0.05, 0.1) is 0 Å². The Balaban J connectivity index is 2.34.